The molecule has 3 nitrogen and oxygen atoms in total. The average molecular weight is 207 g/mol. The third-order valence-electron chi connectivity index (χ3n) is 3.01. The second-order valence-corrected chi connectivity index (χ2v) is 4.10. The molecule has 1 aromatic carbocycles. The summed E-state index contributed by atoms with van der Waals surface area (Å²) in [5, 5.41) is 22.5. The van der Waals surface area contributed by atoms with Crippen LogP contribution in [0.25, 0.3) is 0 Å². The molecule has 0 amide bonds. The van der Waals surface area contributed by atoms with Crippen LogP contribution in [-0.2, 0) is 12.8 Å². The van der Waals surface area contributed by atoms with Crippen LogP contribution in [0.1, 0.15) is 24.5 Å². The summed E-state index contributed by atoms with van der Waals surface area (Å²) in [5.74, 6) is 0.392. The molecule has 1 aliphatic carbocycles. The molecular weight excluding hydrogens is 190 g/mol. The first-order valence-electron chi connectivity index (χ1n) is 5.47. The maximum absolute atomic E-state index is 9.67. The van der Waals surface area contributed by atoms with Gasteiger partial charge >= 0.3 is 0 Å². The number of hydrogen-bond acceptors (Lipinski definition) is 3. The van der Waals surface area contributed by atoms with Crippen LogP contribution in [0.2, 0.25) is 0 Å². The lowest BCUT2D eigenvalue weighted by Crippen LogP contribution is -2.34. The van der Waals surface area contributed by atoms with Gasteiger partial charge in [-0.3, -0.25) is 0 Å². The molecule has 0 aromatic heterocycles. The lowest BCUT2D eigenvalue weighted by atomic mass is 9.87. The molecule has 1 unspecified atom stereocenters. The molecule has 0 saturated carbocycles. The number of likely N-dealkylation sites (N-methyl/N-ethyl adjacent to an activating group) is 1. The minimum absolute atomic E-state index is 0.156. The lowest BCUT2D eigenvalue weighted by Gasteiger charge is -2.25. The van der Waals surface area contributed by atoms with Crippen molar-refractivity contribution in [2.75, 3.05) is 6.54 Å². The predicted octanol–water partition coefficient (Wildman–Crippen LogP) is 1.56. The third-order valence-corrected chi connectivity index (χ3v) is 3.01. The maximum atomic E-state index is 9.67. The van der Waals surface area contributed by atoms with Gasteiger partial charge in [0.05, 0.1) is 0 Å². The maximum Gasteiger partial charge on any atom is 0.122 e. The fourth-order valence-electron chi connectivity index (χ4n) is 2.32. The van der Waals surface area contributed by atoms with Gasteiger partial charge in [0.2, 0.25) is 0 Å². The number of phenolic OH excluding ortho intramolecular Hbond substituents is 2. The van der Waals surface area contributed by atoms with Crippen molar-refractivity contribution < 1.29 is 10.2 Å². The zero-order valence-corrected chi connectivity index (χ0v) is 8.95. The van der Waals surface area contributed by atoms with Crippen LogP contribution < -0.4 is 5.32 Å². The highest BCUT2D eigenvalue weighted by molar-refractivity contribution is 5.46. The van der Waals surface area contributed by atoms with Gasteiger partial charge in [-0.05, 0) is 43.0 Å². The summed E-state index contributed by atoms with van der Waals surface area (Å²) < 4.78 is 0. The van der Waals surface area contributed by atoms with Gasteiger partial charge in [0, 0.05) is 12.1 Å². The molecule has 0 spiro atoms. The molecule has 1 aromatic rings. The molecule has 1 atom stereocenters. The van der Waals surface area contributed by atoms with Crippen LogP contribution in [-0.4, -0.2) is 22.8 Å². The Labute approximate surface area is 89.8 Å². The summed E-state index contributed by atoms with van der Waals surface area (Å²) in [7, 11) is 0. The summed E-state index contributed by atoms with van der Waals surface area (Å²) in [6, 6.07) is 3.66. The first kappa shape index (κ1) is 10.3. The molecule has 0 heterocycles. The SMILES string of the molecule is CCNC1CCc2c(O)cc(O)cc2C1. The summed E-state index contributed by atoms with van der Waals surface area (Å²) in [5.41, 5.74) is 2.08. The highest BCUT2D eigenvalue weighted by atomic mass is 16.3. The van der Waals surface area contributed by atoms with Crippen LogP contribution in [0.5, 0.6) is 11.5 Å². The van der Waals surface area contributed by atoms with Crippen molar-refractivity contribution in [3.8, 4) is 11.5 Å². The number of phenols is 2. The van der Waals surface area contributed by atoms with Crippen LogP contribution in [0.15, 0.2) is 12.1 Å². The first-order chi connectivity index (χ1) is 7.20. The van der Waals surface area contributed by atoms with Crippen molar-refractivity contribution in [3.05, 3.63) is 23.3 Å². The van der Waals surface area contributed by atoms with Crippen molar-refractivity contribution in [1.29, 1.82) is 0 Å². The highest BCUT2D eigenvalue weighted by Crippen LogP contribution is 2.32. The topological polar surface area (TPSA) is 52.5 Å². The summed E-state index contributed by atoms with van der Waals surface area (Å²) in [4.78, 5) is 0. The highest BCUT2D eigenvalue weighted by Gasteiger charge is 2.20. The van der Waals surface area contributed by atoms with Crippen molar-refractivity contribution in [3.63, 3.8) is 0 Å². The van der Waals surface area contributed by atoms with Crippen LogP contribution in [0.3, 0.4) is 0 Å². The Balaban J connectivity index is 2.25. The fraction of sp³-hybridized carbons (Fsp3) is 0.500. The number of aromatic hydroxyl groups is 2. The third kappa shape index (κ3) is 2.07. The van der Waals surface area contributed by atoms with Gasteiger partial charge in [0.1, 0.15) is 11.5 Å². The van der Waals surface area contributed by atoms with E-state index < -0.39 is 0 Å². The van der Waals surface area contributed by atoms with E-state index in [2.05, 4.69) is 12.2 Å². The van der Waals surface area contributed by atoms with Crippen molar-refractivity contribution in [2.45, 2.75) is 32.2 Å². The minimum atomic E-state index is 0.156. The van der Waals surface area contributed by atoms with E-state index in [1.807, 2.05) is 0 Å². The molecule has 82 valence electrons. The summed E-state index contributed by atoms with van der Waals surface area (Å²) in [6.45, 7) is 3.06. The van der Waals surface area contributed by atoms with Gasteiger partial charge in [-0.1, -0.05) is 6.92 Å². The Morgan fingerprint density at radius 1 is 1.40 bits per heavy atom. The van der Waals surface area contributed by atoms with E-state index in [-0.39, 0.29) is 11.5 Å². The summed E-state index contributed by atoms with van der Waals surface area (Å²) in [6.07, 6.45) is 2.84. The molecule has 15 heavy (non-hydrogen) atoms. The van der Waals surface area contributed by atoms with Gasteiger partial charge in [-0.25, -0.2) is 0 Å². The molecule has 0 fully saturated rings. The van der Waals surface area contributed by atoms with E-state index in [0.717, 1.165) is 36.9 Å². The first-order valence-corrected chi connectivity index (χ1v) is 5.47. The number of rotatable bonds is 2. The van der Waals surface area contributed by atoms with Gasteiger partial charge < -0.3 is 15.5 Å². The second-order valence-electron chi connectivity index (χ2n) is 4.10. The second kappa shape index (κ2) is 4.11. The van der Waals surface area contributed by atoms with E-state index in [1.165, 1.54) is 6.07 Å². The average Bonchev–Trinajstić information content (AvgIpc) is 2.17. The number of fused-ring (bicyclic) bond motifs is 1. The fourth-order valence-corrected chi connectivity index (χ4v) is 2.32. The van der Waals surface area contributed by atoms with E-state index in [0.29, 0.717) is 6.04 Å². The quantitative estimate of drug-likeness (QED) is 0.690. The van der Waals surface area contributed by atoms with Gasteiger partial charge in [-0.2, -0.15) is 0 Å². The minimum Gasteiger partial charge on any atom is -0.508 e. The van der Waals surface area contributed by atoms with E-state index in [4.69, 9.17) is 0 Å². The molecule has 2 rings (SSSR count). The van der Waals surface area contributed by atoms with Crippen LogP contribution in [0, 0.1) is 0 Å². The smallest absolute Gasteiger partial charge is 0.122 e. The Hall–Kier alpha value is -1.22. The van der Waals surface area contributed by atoms with E-state index in [1.54, 1.807) is 6.07 Å². The molecule has 0 aliphatic heterocycles. The number of hydrogen-bond donors (Lipinski definition) is 3. The Kier molecular flexibility index (Phi) is 2.82. The van der Waals surface area contributed by atoms with E-state index >= 15 is 0 Å². The number of nitrogens with one attached hydrogen (secondary N) is 1. The zero-order valence-electron chi connectivity index (χ0n) is 8.95. The predicted molar refractivity (Wildman–Crippen MR) is 59.3 cm³/mol. The van der Waals surface area contributed by atoms with E-state index in [9.17, 15) is 10.2 Å². The molecule has 3 N–H and O–H groups in total. The monoisotopic (exact) mass is 207 g/mol. The Morgan fingerprint density at radius 2 is 2.20 bits per heavy atom. The molecule has 3 heteroatoms. The summed E-state index contributed by atoms with van der Waals surface area (Å²) >= 11 is 0. The number of benzene rings is 1. The van der Waals surface area contributed by atoms with Crippen LogP contribution in [0.4, 0.5) is 0 Å². The largest absolute Gasteiger partial charge is 0.508 e. The van der Waals surface area contributed by atoms with Gasteiger partial charge in [0.15, 0.2) is 0 Å². The lowest BCUT2D eigenvalue weighted by molar-refractivity contribution is 0.423. The Morgan fingerprint density at radius 3 is 2.93 bits per heavy atom. The Bertz CT molecular complexity index is 363. The molecule has 0 saturated heterocycles. The van der Waals surface area contributed by atoms with Crippen molar-refractivity contribution >= 4 is 0 Å². The standard InChI is InChI=1S/C12H17NO2/c1-2-13-9-3-4-11-8(5-9)6-10(14)7-12(11)15/h6-7,9,13-15H,2-5H2,1H3. The van der Waals surface area contributed by atoms with Crippen molar-refractivity contribution in [1.82, 2.24) is 5.32 Å². The van der Waals surface area contributed by atoms with Gasteiger partial charge in [0.25, 0.3) is 0 Å². The molecule has 1 aliphatic rings. The molecule has 0 radical (unpaired) electrons. The normalized spacial score (nSPS) is 19.9. The van der Waals surface area contributed by atoms with Crippen LogP contribution >= 0.6 is 0 Å². The zero-order chi connectivity index (χ0) is 10.8. The van der Waals surface area contributed by atoms with Crippen molar-refractivity contribution in [2.24, 2.45) is 0 Å². The molecule has 0 bridgehead atoms. The van der Waals surface area contributed by atoms with Gasteiger partial charge in [-0.15, -0.1) is 0 Å². The molecular formula is C12H17NO2.